The number of fused-ring (bicyclic) bond motifs is 1. The number of nitrogens with one attached hydrogen (secondary N) is 1. The molecule has 4 aromatic rings. The molecule has 0 heterocycles. The summed E-state index contributed by atoms with van der Waals surface area (Å²) in [6.07, 6.45) is 1.33. The molecule has 0 aliphatic rings. The molecular formula is C28H19N3O6. The summed E-state index contributed by atoms with van der Waals surface area (Å²) in [5.41, 5.74) is 0.724. The van der Waals surface area contributed by atoms with E-state index < -0.39 is 16.8 Å². The fourth-order valence-electron chi connectivity index (χ4n) is 3.60. The van der Waals surface area contributed by atoms with Crippen LogP contribution in [0.3, 0.4) is 0 Å². The van der Waals surface area contributed by atoms with E-state index in [-0.39, 0.29) is 22.7 Å². The topological polar surface area (TPSA) is 132 Å². The van der Waals surface area contributed by atoms with Gasteiger partial charge in [0.05, 0.1) is 17.6 Å². The fourth-order valence-corrected chi connectivity index (χ4v) is 3.60. The summed E-state index contributed by atoms with van der Waals surface area (Å²) in [7, 11) is 1.43. The van der Waals surface area contributed by atoms with Crippen LogP contribution in [0, 0.1) is 21.4 Å². The van der Waals surface area contributed by atoms with E-state index in [2.05, 4.69) is 5.32 Å². The number of esters is 1. The Morgan fingerprint density at radius 1 is 0.973 bits per heavy atom. The highest BCUT2D eigenvalue weighted by Gasteiger charge is 2.17. The zero-order chi connectivity index (χ0) is 26.4. The lowest BCUT2D eigenvalue weighted by atomic mass is 10.0. The van der Waals surface area contributed by atoms with Crippen molar-refractivity contribution < 1.29 is 24.0 Å². The number of nitrogens with zero attached hydrogens (tertiary/aromatic N) is 2. The first-order valence-corrected chi connectivity index (χ1v) is 10.9. The van der Waals surface area contributed by atoms with Gasteiger partial charge in [-0.25, -0.2) is 4.79 Å². The maximum atomic E-state index is 13.0. The molecule has 4 rings (SSSR count). The van der Waals surface area contributed by atoms with Crippen LogP contribution >= 0.6 is 0 Å². The Morgan fingerprint density at radius 2 is 1.70 bits per heavy atom. The number of benzene rings is 4. The molecular weight excluding hydrogens is 474 g/mol. The van der Waals surface area contributed by atoms with Crippen LogP contribution in [0.5, 0.6) is 11.5 Å². The third-order valence-corrected chi connectivity index (χ3v) is 5.41. The summed E-state index contributed by atoms with van der Waals surface area (Å²) in [5, 5.41) is 24.5. The minimum atomic E-state index is -0.707. The first-order valence-electron chi connectivity index (χ1n) is 10.9. The van der Waals surface area contributed by atoms with Crippen LogP contribution in [0.25, 0.3) is 16.8 Å². The molecule has 9 heteroatoms. The van der Waals surface area contributed by atoms with Crippen molar-refractivity contribution >= 4 is 40.1 Å². The Labute approximate surface area is 211 Å². The molecule has 0 unspecified atom stereocenters. The lowest BCUT2D eigenvalue weighted by molar-refractivity contribution is -0.384. The number of carbonyl (C=O) groups excluding carboxylic acids is 2. The number of rotatable bonds is 7. The monoisotopic (exact) mass is 493 g/mol. The lowest BCUT2D eigenvalue weighted by Crippen LogP contribution is -2.13. The Morgan fingerprint density at radius 3 is 2.41 bits per heavy atom. The van der Waals surface area contributed by atoms with E-state index in [1.54, 1.807) is 24.3 Å². The maximum Gasteiger partial charge on any atom is 0.344 e. The van der Waals surface area contributed by atoms with Gasteiger partial charge < -0.3 is 14.8 Å². The van der Waals surface area contributed by atoms with Gasteiger partial charge in [-0.15, -0.1) is 0 Å². The minimum absolute atomic E-state index is 0.113. The molecule has 0 bridgehead atoms. The second kappa shape index (κ2) is 10.8. The van der Waals surface area contributed by atoms with Crippen molar-refractivity contribution in [3.63, 3.8) is 0 Å². The average Bonchev–Trinajstić information content (AvgIpc) is 2.91. The zero-order valence-corrected chi connectivity index (χ0v) is 19.5. The molecule has 182 valence electrons. The van der Waals surface area contributed by atoms with Crippen molar-refractivity contribution in [2.24, 2.45) is 0 Å². The number of carbonyl (C=O) groups is 2. The summed E-state index contributed by atoms with van der Waals surface area (Å²) in [6, 6.07) is 24.4. The van der Waals surface area contributed by atoms with Gasteiger partial charge in [0, 0.05) is 17.8 Å². The molecule has 0 aromatic heterocycles. The number of nitriles is 1. The van der Waals surface area contributed by atoms with Crippen LogP contribution in [-0.4, -0.2) is 23.9 Å². The Kier molecular flexibility index (Phi) is 7.21. The highest BCUT2D eigenvalue weighted by molar-refractivity contribution is 6.10. The predicted octanol–water partition coefficient (Wildman–Crippen LogP) is 5.52. The highest BCUT2D eigenvalue weighted by atomic mass is 16.6. The van der Waals surface area contributed by atoms with Crippen LogP contribution in [0.15, 0.2) is 90.5 Å². The largest absolute Gasteiger partial charge is 0.493 e. The zero-order valence-electron chi connectivity index (χ0n) is 19.5. The first-order chi connectivity index (χ1) is 17.9. The van der Waals surface area contributed by atoms with Gasteiger partial charge in [-0.3, -0.25) is 14.9 Å². The Bertz CT molecular complexity index is 1580. The van der Waals surface area contributed by atoms with Gasteiger partial charge in [0.2, 0.25) is 0 Å². The van der Waals surface area contributed by atoms with E-state index in [9.17, 15) is 25.0 Å². The van der Waals surface area contributed by atoms with E-state index in [1.165, 1.54) is 43.5 Å². The number of methoxy groups -OCH3 is 1. The number of amides is 1. The molecule has 0 aliphatic carbocycles. The first kappa shape index (κ1) is 24.6. The number of ether oxygens (including phenoxy) is 2. The molecule has 0 aliphatic heterocycles. The van der Waals surface area contributed by atoms with Gasteiger partial charge in [0.25, 0.3) is 11.6 Å². The molecule has 37 heavy (non-hydrogen) atoms. The number of non-ortho nitro benzene ring substituents is 1. The smallest absolute Gasteiger partial charge is 0.344 e. The summed E-state index contributed by atoms with van der Waals surface area (Å²) in [5.74, 6) is -0.893. The summed E-state index contributed by atoms with van der Waals surface area (Å²) >= 11 is 0. The van der Waals surface area contributed by atoms with Crippen molar-refractivity contribution in [3.8, 4) is 17.6 Å². The molecule has 1 N–H and O–H groups in total. The summed E-state index contributed by atoms with van der Waals surface area (Å²) in [4.78, 5) is 35.9. The van der Waals surface area contributed by atoms with Crippen LogP contribution in [0.1, 0.15) is 15.9 Å². The van der Waals surface area contributed by atoms with Crippen LogP contribution < -0.4 is 14.8 Å². The standard InChI is InChI=1S/C28H19N3O6/c1-36-25-14-9-18(15-20(17-29)27(32)30-21-10-12-22(13-11-21)31(34)35)16-26(25)37-28(33)24-8-4-6-19-5-2-3-7-23(19)24/h2-16H,1H3,(H,30,32)/b20-15+. The predicted molar refractivity (Wildman–Crippen MR) is 137 cm³/mol. The van der Waals surface area contributed by atoms with Crippen LogP contribution in [0.2, 0.25) is 0 Å². The van der Waals surface area contributed by atoms with E-state index in [0.29, 0.717) is 16.9 Å². The molecule has 0 radical (unpaired) electrons. The third-order valence-electron chi connectivity index (χ3n) is 5.41. The molecule has 0 saturated carbocycles. The molecule has 9 nitrogen and oxygen atoms in total. The SMILES string of the molecule is COc1ccc(/C=C(\C#N)C(=O)Nc2ccc([N+](=O)[O-])cc2)cc1OC(=O)c1cccc2ccccc12. The normalized spacial score (nSPS) is 10.9. The second-order valence-electron chi connectivity index (χ2n) is 7.75. The van der Waals surface area contributed by atoms with Gasteiger partial charge in [0.15, 0.2) is 11.5 Å². The fraction of sp³-hybridized carbons (Fsp3) is 0.0357. The van der Waals surface area contributed by atoms with Gasteiger partial charge in [-0.1, -0.05) is 42.5 Å². The number of nitro benzene ring substituents is 1. The van der Waals surface area contributed by atoms with E-state index in [0.717, 1.165) is 10.8 Å². The number of hydrogen-bond acceptors (Lipinski definition) is 7. The van der Waals surface area contributed by atoms with E-state index in [1.807, 2.05) is 36.4 Å². The van der Waals surface area contributed by atoms with Gasteiger partial charge in [0.1, 0.15) is 11.6 Å². The van der Waals surface area contributed by atoms with Crippen molar-refractivity contribution in [2.75, 3.05) is 12.4 Å². The number of nitro groups is 1. The quantitative estimate of drug-likeness (QED) is 0.0895. The Hall–Kier alpha value is -5.49. The number of anilines is 1. The third kappa shape index (κ3) is 5.61. The Balaban J connectivity index is 1.58. The summed E-state index contributed by atoms with van der Waals surface area (Å²) in [6.45, 7) is 0. The van der Waals surface area contributed by atoms with Gasteiger partial charge >= 0.3 is 5.97 Å². The van der Waals surface area contributed by atoms with Crippen molar-refractivity contribution in [2.45, 2.75) is 0 Å². The molecule has 0 saturated heterocycles. The minimum Gasteiger partial charge on any atom is -0.493 e. The molecule has 4 aromatic carbocycles. The summed E-state index contributed by atoms with van der Waals surface area (Å²) < 4.78 is 11.0. The lowest BCUT2D eigenvalue weighted by Gasteiger charge is -2.11. The highest BCUT2D eigenvalue weighted by Crippen LogP contribution is 2.31. The van der Waals surface area contributed by atoms with Crippen molar-refractivity contribution in [1.82, 2.24) is 0 Å². The van der Waals surface area contributed by atoms with Gasteiger partial charge in [-0.05, 0) is 52.7 Å². The van der Waals surface area contributed by atoms with Crippen molar-refractivity contribution in [1.29, 1.82) is 5.26 Å². The van der Waals surface area contributed by atoms with E-state index in [4.69, 9.17) is 9.47 Å². The van der Waals surface area contributed by atoms with Crippen LogP contribution in [-0.2, 0) is 4.79 Å². The van der Waals surface area contributed by atoms with Crippen molar-refractivity contribution in [3.05, 3.63) is 112 Å². The molecule has 0 fully saturated rings. The van der Waals surface area contributed by atoms with Crippen LogP contribution in [0.4, 0.5) is 11.4 Å². The molecule has 1 amide bonds. The maximum absolute atomic E-state index is 13.0. The second-order valence-corrected chi connectivity index (χ2v) is 7.75. The van der Waals surface area contributed by atoms with E-state index >= 15 is 0 Å². The molecule has 0 spiro atoms. The average molecular weight is 493 g/mol. The van der Waals surface area contributed by atoms with Gasteiger partial charge in [-0.2, -0.15) is 5.26 Å². The number of hydrogen-bond donors (Lipinski definition) is 1. The molecule has 0 atom stereocenters.